The van der Waals surface area contributed by atoms with Crippen molar-refractivity contribution >= 4 is 28.2 Å². The summed E-state index contributed by atoms with van der Waals surface area (Å²) in [7, 11) is 0. The van der Waals surface area contributed by atoms with Crippen molar-refractivity contribution in [3.8, 4) is 5.75 Å². The minimum atomic E-state index is -0.998. The van der Waals surface area contributed by atoms with E-state index >= 15 is 0 Å². The number of ether oxygens (including phenoxy) is 1. The zero-order valence-electron chi connectivity index (χ0n) is 9.35. The summed E-state index contributed by atoms with van der Waals surface area (Å²) in [6, 6.07) is 4.80. The first kappa shape index (κ1) is 13.7. The van der Waals surface area contributed by atoms with Gasteiger partial charge in [0.25, 0.3) is 0 Å². The molecule has 0 heterocycles. The molecule has 1 aromatic carbocycles. The number of hydrogen-bond donors (Lipinski definition) is 1. The maximum Gasteiger partial charge on any atom is 0.344 e. The predicted octanol–water partition coefficient (Wildman–Crippen LogP) is 2.89. The van der Waals surface area contributed by atoms with Crippen LogP contribution in [0.15, 0.2) is 22.7 Å². The van der Waals surface area contributed by atoms with Crippen molar-refractivity contribution in [2.24, 2.45) is 0 Å². The van der Waals surface area contributed by atoms with Crippen LogP contribution in [0.3, 0.4) is 0 Å². The van der Waals surface area contributed by atoms with Gasteiger partial charge in [0.15, 0.2) is 12.4 Å². The van der Waals surface area contributed by atoms with Gasteiger partial charge in [0.2, 0.25) is 0 Å². The summed E-state index contributed by atoms with van der Waals surface area (Å²) in [5.41, 5.74) is 0.433. The van der Waals surface area contributed by atoms with Gasteiger partial charge >= 0.3 is 5.97 Å². The molecule has 0 spiro atoms. The van der Waals surface area contributed by atoms with Crippen molar-refractivity contribution < 1.29 is 19.4 Å². The number of rotatable bonds is 6. The minimum absolute atomic E-state index is 0.385. The number of carboxylic acids is 1. The summed E-state index contributed by atoms with van der Waals surface area (Å²) in [5.74, 6) is -0.612. The van der Waals surface area contributed by atoms with Crippen molar-refractivity contribution in [3.63, 3.8) is 0 Å². The van der Waals surface area contributed by atoms with E-state index in [1.54, 1.807) is 12.1 Å². The molecular formula is C12H13BrO4. The topological polar surface area (TPSA) is 63.6 Å². The van der Waals surface area contributed by atoms with Gasteiger partial charge in [-0.05, 0) is 24.6 Å². The Bertz CT molecular complexity index is 417. The van der Waals surface area contributed by atoms with Crippen LogP contribution in [0, 0.1) is 0 Å². The zero-order valence-corrected chi connectivity index (χ0v) is 10.9. The Morgan fingerprint density at radius 1 is 1.59 bits per heavy atom. The van der Waals surface area contributed by atoms with Gasteiger partial charge in [-0.1, -0.05) is 29.3 Å². The van der Waals surface area contributed by atoms with Gasteiger partial charge in [-0.25, -0.2) is 4.79 Å². The number of carboxylic acid groups (broad SMARTS) is 1. The van der Waals surface area contributed by atoms with E-state index in [9.17, 15) is 9.59 Å². The molecule has 1 unspecified atom stereocenters. The fourth-order valence-corrected chi connectivity index (χ4v) is 1.68. The van der Waals surface area contributed by atoms with Crippen LogP contribution in [0.1, 0.15) is 30.1 Å². The molecule has 0 saturated heterocycles. The summed E-state index contributed by atoms with van der Waals surface area (Å²) >= 11 is 3.21. The van der Waals surface area contributed by atoms with E-state index in [-0.39, 0.29) is 0 Å². The maximum absolute atomic E-state index is 10.9. The van der Waals surface area contributed by atoms with Crippen LogP contribution in [-0.4, -0.2) is 23.5 Å². The molecule has 1 atom stereocenters. The van der Waals surface area contributed by atoms with Gasteiger partial charge in [0.1, 0.15) is 5.75 Å². The summed E-state index contributed by atoms with van der Waals surface area (Å²) in [4.78, 5) is 21.6. The van der Waals surface area contributed by atoms with E-state index in [0.717, 1.165) is 0 Å². The predicted molar refractivity (Wildman–Crippen MR) is 66.5 cm³/mol. The van der Waals surface area contributed by atoms with Gasteiger partial charge in [0.05, 0.1) is 0 Å². The summed E-state index contributed by atoms with van der Waals surface area (Å²) in [5, 5.41) is 8.94. The highest BCUT2D eigenvalue weighted by molar-refractivity contribution is 9.10. The quantitative estimate of drug-likeness (QED) is 0.821. The first-order valence-corrected chi connectivity index (χ1v) is 6.02. The van der Waals surface area contributed by atoms with Crippen molar-refractivity contribution in [3.05, 3.63) is 28.2 Å². The van der Waals surface area contributed by atoms with Crippen LogP contribution in [0.2, 0.25) is 0 Å². The molecule has 0 radical (unpaired) electrons. The number of aldehydes is 1. The van der Waals surface area contributed by atoms with Crippen LogP contribution in [0.25, 0.3) is 0 Å². The second-order valence-electron chi connectivity index (χ2n) is 3.53. The Kier molecular flexibility index (Phi) is 5.15. The standard InChI is InChI=1S/C12H13BrO4/c1-2-3-11(12(15)16)17-9-4-5-10(13)8(6-9)7-14/h4-7,11H,2-3H2,1H3,(H,15,16). The number of hydrogen-bond acceptors (Lipinski definition) is 3. The third kappa shape index (κ3) is 3.85. The molecule has 1 aromatic rings. The van der Waals surface area contributed by atoms with E-state index in [2.05, 4.69) is 15.9 Å². The van der Waals surface area contributed by atoms with Gasteiger partial charge in [-0.3, -0.25) is 4.79 Å². The molecule has 0 aromatic heterocycles. The molecule has 1 N–H and O–H groups in total. The largest absolute Gasteiger partial charge is 0.479 e. The number of benzene rings is 1. The highest BCUT2D eigenvalue weighted by Crippen LogP contribution is 2.22. The van der Waals surface area contributed by atoms with Crippen LogP contribution in [-0.2, 0) is 4.79 Å². The van der Waals surface area contributed by atoms with Crippen LogP contribution in [0.4, 0.5) is 0 Å². The minimum Gasteiger partial charge on any atom is -0.479 e. The SMILES string of the molecule is CCCC(Oc1ccc(Br)c(C=O)c1)C(=O)O. The molecule has 1 rings (SSSR count). The average molecular weight is 301 g/mol. The summed E-state index contributed by atoms with van der Waals surface area (Å²) in [6.07, 6.45) is 0.961. The number of aliphatic carboxylic acids is 1. The molecule has 17 heavy (non-hydrogen) atoms. The normalized spacial score (nSPS) is 11.9. The lowest BCUT2D eigenvalue weighted by molar-refractivity contribution is -0.145. The Labute approximate surface area is 108 Å². The number of carbonyl (C=O) groups is 2. The van der Waals surface area contributed by atoms with E-state index in [1.807, 2.05) is 6.92 Å². The summed E-state index contributed by atoms with van der Waals surface area (Å²) < 4.78 is 5.99. The Morgan fingerprint density at radius 2 is 2.29 bits per heavy atom. The molecule has 0 aliphatic heterocycles. The second-order valence-corrected chi connectivity index (χ2v) is 4.39. The molecule has 0 aliphatic carbocycles. The molecule has 4 nitrogen and oxygen atoms in total. The van der Waals surface area contributed by atoms with E-state index < -0.39 is 12.1 Å². The van der Waals surface area contributed by atoms with Gasteiger partial charge in [0, 0.05) is 10.0 Å². The Hall–Kier alpha value is -1.36. The lowest BCUT2D eigenvalue weighted by Crippen LogP contribution is -2.26. The molecule has 5 heteroatoms. The third-order valence-corrected chi connectivity index (χ3v) is 2.92. The molecular weight excluding hydrogens is 288 g/mol. The van der Waals surface area contributed by atoms with Crippen LogP contribution < -0.4 is 4.74 Å². The van der Waals surface area contributed by atoms with Gasteiger partial charge < -0.3 is 9.84 Å². The van der Waals surface area contributed by atoms with E-state index in [1.165, 1.54) is 6.07 Å². The number of carbonyl (C=O) groups excluding carboxylic acids is 1. The maximum atomic E-state index is 10.9. The lowest BCUT2D eigenvalue weighted by atomic mass is 10.2. The van der Waals surface area contributed by atoms with Crippen molar-refractivity contribution in [1.82, 2.24) is 0 Å². The third-order valence-electron chi connectivity index (χ3n) is 2.20. The van der Waals surface area contributed by atoms with E-state index in [4.69, 9.17) is 9.84 Å². The monoisotopic (exact) mass is 300 g/mol. The Balaban J connectivity index is 2.85. The van der Waals surface area contributed by atoms with Crippen LogP contribution in [0.5, 0.6) is 5.75 Å². The zero-order chi connectivity index (χ0) is 12.8. The molecule has 0 aliphatic rings. The van der Waals surface area contributed by atoms with Crippen molar-refractivity contribution in [1.29, 1.82) is 0 Å². The highest BCUT2D eigenvalue weighted by atomic mass is 79.9. The molecule has 0 bridgehead atoms. The fourth-order valence-electron chi connectivity index (χ4n) is 1.34. The van der Waals surface area contributed by atoms with Crippen molar-refractivity contribution in [2.45, 2.75) is 25.9 Å². The van der Waals surface area contributed by atoms with Crippen molar-refractivity contribution in [2.75, 3.05) is 0 Å². The average Bonchev–Trinajstić information content (AvgIpc) is 2.30. The Morgan fingerprint density at radius 3 is 2.82 bits per heavy atom. The highest BCUT2D eigenvalue weighted by Gasteiger charge is 2.18. The number of halogens is 1. The molecule has 0 fully saturated rings. The van der Waals surface area contributed by atoms with Gasteiger partial charge in [-0.15, -0.1) is 0 Å². The molecule has 0 saturated carbocycles. The lowest BCUT2D eigenvalue weighted by Gasteiger charge is -2.14. The smallest absolute Gasteiger partial charge is 0.344 e. The fraction of sp³-hybridized carbons (Fsp3) is 0.333. The first-order chi connectivity index (χ1) is 8.08. The van der Waals surface area contributed by atoms with E-state index in [0.29, 0.717) is 34.9 Å². The first-order valence-electron chi connectivity index (χ1n) is 5.22. The molecule has 0 amide bonds. The van der Waals surface area contributed by atoms with Crippen LogP contribution >= 0.6 is 15.9 Å². The molecule has 92 valence electrons. The van der Waals surface area contributed by atoms with Gasteiger partial charge in [-0.2, -0.15) is 0 Å². The summed E-state index contributed by atoms with van der Waals surface area (Å²) in [6.45, 7) is 1.89. The second kappa shape index (κ2) is 6.39.